The number of carbonyl (C=O) groups excluding carboxylic acids is 1. The van der Waals surface area contributed by atoms with Crippen LogP contribution in [0.5, 0.6) is 28.7 Å². The smallest absolute Gasteiger partial charge is 0.206 e. The second-order valence-corrected chi connectivity index (χ2v) is 7.97. The zero-order chi connectivity index (χ0) is 21.2. The second-order valence-electron chi connectivity index (χ2n) is 7.97. The average molecular weight is 414 g/mol. The Labute approximate surface area is 172 Å². The van der Waals surface area contributed by atoms with Gasteiger partial charge in [0.15, 0.2) is 23.2 Å². The lowest BCUT2D eigenvalue weighted by molar-refractivity contribution is -0.0802. The molecule has 0 aliphatic carbocycles. The van der Waals surface area contributed by atoms with Crippen molar-refractivity contribution in [2.45, 2.75) is 31.2 Å². The molecule has 158 valence electrons. The number of methoxy groups -OCH3 is 1. The van der Waals surface area contributed by atoms with Gasteiger partial charge in [-0.1, -0.05) is 6.92 Å². The number of carbonyl (C=O) groups is 1. The third-order valence-electron chi connectivity index (χ3n) is 6.22. The van der Waals surface area contributed by atoms with Gasteiger partial charge >= 0.3 is 0 Å². The number of hydrogen-bond donors (Lipinski definition) is 3. The Balaban J connectivity index is 1.60. The first-order chi connectivity index (χ1) is 14.4. The van der Waals surface area contributed by atoms with Gasteiger partial charge in [-0.2, -0.15) is 0 Å². The molecule has 3 heterocycles. The molecule has 4 unspecified atom stereocenters. The summed E-state index contributed by atoms with van der Waals surface area (Å²) in [5.41, 5.74) is -0.782. The van der Waals surface area contributed by atoms with Gasteiger partial charge in [-0.3, -0.25) is 4.79 Å². The number of phenols is 1. The van der Waals surface area contributed by atoms with Gasteiger partial charge in [0.25, 0.3) is 0 Å². The van der Waals surface area contributed by atoms with Crippen molar-refractivity contribution in [1.82, 2.24) is 0 Å². The van der Waals surface area contributed by atoms with Gasteiger partial charge in [-0.05, 0) is 18.2 Å². The molecular formula is C22H22O8. The van der Waals surface area contributed by atoms with E-state index in [9.17, 15) is 20.1 Å². The van der Waals surface area contributed by atoms with Crippen molar-refractivity contribution in [2.75, 3.05) is 20.3 Å². The number of aliphatic hydroxyl groups is 2. The molecule has 0 saturated carbocycles. The predicted molar refractivity (Wildman–Crippen MR) is 104 cm³/mol. The molecule has 8 heteroatoms. The fourth-order valence-electron chi connectivity index (χ4n) is 4.39. The molecule has 8 nitrogen and oxygen atoms in total. The van der Waals surface area contributed by atoms with Crippen LogP contribution >= 0.6 is 0 Å². The Morgan fingerprint density at radius 3 is 2.80 bits per heavy atom. The predicted octanol–water partition coefficient (Wildman–Crippen LogP) is 1.56. The fraction of sp³-hybridized carbons (Fsp3) is 0.409. The van der Waals surface area contributed by atoms with Crippen molar-refractivity contribution in [2.24, 2.45) is 5.92 Å². The van der Waals surface area contributed by atoms with E-state index in [0.29, 0.717) is 17.9 Å². The quantitative estimate of drug-likeness (QED) is 0.693. The van der Waals surface area contributed by atoms with E-state index in [4.69, 9.17) is 18.9 Å². The molecule has 30 heavy (non-hydrogen) atoms. The van der Waals surface area contributed by atoms with Gasteiger partial charge in [-0.25, -0.2) is 0 Å². The Morgan fingerprint density at radius 2 is 2.07 bits per heavy atom. The lowest BCUT2D eigenvalue weighted by Crippen LogP contribution is -2.57. The van der Waals surface area contributed by atoms with Gasteiger partial charge in [0.2, 0.25) is 5.78 Å². The van der Waals surface area contributed by atoms with Crippen LogP contribution in [0.1, 0.15) is 28.4 Å². The molecule has 0 amide bonds. The Bertz CT molecular complexity index is 1050. The van der Waals surface area contributed by atoms with E-state index < -0.39 is 17.5 Å². The number of hydrogen-bond acceptors (Lipinski definition) is 8. The van der Waals surface area contributed by atoms with E-state index >= 15 is 0 Å². The first-order valence-corrected chi connectivity index (χ1v) is 9.80. The number of fused-ring (bicyclic) bond motifs is 6. The molecule has 0 fully saturated rings. The summed E-state index contributed by atoms with van der Waals surface area (Å²) in [5, 5.41) is 31.0. The van der Waals surface area contributed by atoms with Crippen LogP contribution in [-0.4, -0.2) is 53.6 Å². The number of aliphatic hydroxyl groups excluding tert-OH is 1. The highest BCUT2D eigenvalue weighted by Gasteiger charge is 2.56. The van der Waals surface area contributed by atoms with Gasteiger partial charge < -0.3 is 34.3 Å². The molecule has 3 aliphatic rings. The number of ketones is 1. The zero-order valence-corrected chi connectivity index (χ0v) is 16.5. The molecule has 0 radical (unpaired) electrons. The maximum atomic E-state index is 13.5. The van der Waals surface area contributed by atoms with Gasteiger partial charge in [-0.15, -0.1) is 0 Å². The van der Waals surface area contributed by atoms with Gasteiger partial charge in [0, 0.05) is 36.1 Å². The number of rotatable bonds is 3. The summed E-state index contributed by atoms with van der Waals surface area (Å²) in [6, 6.07) is 6.01. The molecule has 4 atom stereocenters. The van der Waals surface area contributed by atoms with Crippen molar-refractivity contribution >= 4 is 5.78 Å². The lowest BCUT2D eigenvalue weighted by atomic mass is 9.77. The van der Waals surface area contributed by atoms with Gasteiger partial charge in [0.1, 0.15) is 30.0 Å². The highest BCUT2D eigenvalue weighted by molar-refractivity contribution is 6.07. The summed E-state index contributed by atoms with van der Waals surface area (Å²) >= 11 is 0. The van der Waals surface area contributed by atoms with Crippen LogP contribution in [0.2, 0.25) is 0 Å². The number of Topliss-reactive ketones (excluding diaryl/α,β-unsaturated/α-hetero) is 1. The van der Waals surface area contributed by atoms with Crippen LogP contribution in [0.25, 0.3) is 0 Å². The molecule has 2 aromatic rings. The molecule has 0 aromatic heterocycles. The third kappa shape index (κ3) is 2.44. The minimum atomic E-state index is -1.98. The summed E-state index contributed by atoms with van der Waals surface area (Å²) in [7, 11) is 1.38. The minimum absolute atomic E-state index is 0.0116. The molecule has 3 N–H and O–H groups in total. The van der Waals surface area contributed by atoms with Crippen molar-refractivity contribution in [1.29, 1.82) is 0 Å². The minimum Gasteiger partial charge on any atom is -0.504 e. The van der Waals surface area contributed by atoms with E-state index in [-0.39, 0.29) is 53.6 Å². The van der Waals surface area contributed by atoms with E-state index in [1.54, 1.807) is 12.1 Å². The van der Waals surface area contributed by atoms with Crippen molar-refractivity contribution < 1.29 is 39.1 Å². The Kier molecular flexibility index (Phi) is 4.13. The molecule has 5 rings (SSSR count). The topological polar surface area (TPSA) is 115 Å². The third-order valence-corrected chi connectivity index (χ3v) is 6.22. The maximum Gasteiger partial charge on any atom is 0.206 e. The van der Waals surface area contributed by atoms with Crippen molar-refractivity contribution in [3.05, 3.63) is 41.0 Å². The van der Waals surface area contributed by atoms with Crippen LogP contribution in [0.15, 0.2) is 24.3 Å². The van der Waals surface area contributed by atoms with Crippen LogP contribution in [-0.2, 0) is 12.0 Å². The second kappa shape index (κ2) is 6.52. The van der Waals surface area contributed by atoms with Crippen LogP contribution in [0, 0.1) is 5.92 Å². The normalized spacial score (nSPS) is 26.9. The van der Waals surface area contributed by atoms with E-state index in [2.05, 4.69) is 0 Å². The Morgan fingerprint density at radius 1 is 1.27 bits per heavy atom. The monoisotopic (exact) mass is 414 g/mol. The van der Waals surface area contributed by atoms with Crippen LogP contribution in [0.4, 0.5) is 0 Å². The molecule has 0 spiro atoms. The van der Waals surface area contributed by atoms with E-state index in [1.807, 2.05) is 6.92 Å². The molecule has 2 aromatic carbocycles. The summed E-state index contributed by atoms with van der Waals surface area (Å²) in [6.07, 6.45) is -0.690. The first kappa shape index (κ1) is 19.0. The van der Waals surface area contributed by atoms with Crippen molar-refractivity contribution in [3.63, 3.8) is 0 Å². The fourth-order valence-corrected chi connectivity index (χ4v) is 4.39. The molecule has 0 bridgehead atoms. The van der Waals surface area contributed by atoms with Crippen molar-refractivity contribution in [3.8, 4) is 28.7 Å². The summed E-state index contributed by atoms with van der Waals surface area (Å²) < 4.78 is 22.9. The number of ether oxygens (including phenoxy) is 4. The van der Waals surface area contributed by atoms with Crippen LogP contribution in [0.3, 0.4) is 0 Å². The highest BCUT2D eigenvalue weighted by atomic mass is 16.6. The lowest BCUT2D eigenvalue weighted by Gasteiger charge is -2.43. The Hall–Kier alpha value is -2.97. The summed E-state index contributed by atoms with van der Waals surface area (Å²) in [6.45, 7) is 1.81. The number of aromatic hydroxyl groups is 1. The average Bonchev–Trinajstić information content (AvgIpc) is 3.19. The van der Waals surface area contributed by atoms with Gasteiger partial charge in [0.05, 0.1) is 12.7 Å². The number of phenolic OH excluding ortho intramolecular Hbond substituents is 1. The molecule has 0 saturated heterocycles. The summed E-state index contributed by atoms with van der Waals surface area (Å²) in [4.78, 5) is 13.5. The van der Waals surface area contributed by atoms with E-state index in [0.717, 1.165) is 5.56 Å². The number of benzene rings is 2. The standard InChI is InChI=1S/C22H22O8/c1-10(8-23)16-5-12-15(29-16)4-3-11-20(12)30-19-9-28-17-7-14(24)18(27-2)6-13(17)22(19,26)21(11)25/h3-4,6-7,10,16,19,23-24,26H,5,8-9H2,1-2H3. The highest BCUT2D eigenvalue weighted by Crippen LogP contribution is 2.51. The maximum absolute atomic E-state index is 13.5. The van der Waals surface area contributed by atoms with E-state index in [1.165, 1.54) is 19.2 Å². The zero-order valence-electron chi connectivity index (χ0n) is 16.5. The summed E-state index contributed by atoms with van der Waals surface area (Å²) in [5.74, 6) is 0.587. The first-order valence-electron chi connectivity index (χ1n) is 9.80. The molecular weight excluding hydrogens is 392 g/mol. The SMILES string of the molecule is COc1cc2c(cc1O)OCC1Oc3c(ccc4c3CC(C(C)CO)O4)C(=O)C21O. The van der Waals surface area contributed by atoms with Crippen LogP contribution < -0.4 is 18.9 Å². The molecule has 3 aliphatic heterocycles. The largest absolute Gasteiger partial charge is 0.504 e.